The molecule has 3 aromatic rings. The van der Waals surface area contributed by atoms with Gasteiger partial charge in [0.1, 0.15) is 0 Å². The van der Waals surface area contributed by atoms with Gasteiger partial charge in [0.25, 0.3) is 0 Å². The molecule has 0 bridgehead atoms. The standard InChI is InChI=1S/C24H25N3O.2ClH/c1-26(2)17-14-24(18-19-12-15-25-16-13-19)21-10-6-7-11-22(21)27(23(24)28)20-8-4-3-5-9-20;;/h3-13,15-16H,14,17-18H2,1-2H3;2*1H. The summed E-state index contributed by atoms with van der Waals surface area (Å²) in [5.74, 6) is 0.151. The third-order valence-corrected chi connectivity index (χ3v) is 5.53. The van der Waals surface area contributed by atoms with Crippen molar-refractivity contribution in [2.75, 3.05) is 25.5 Å². The maximum absolute atomic E-state index is 14.0. The van der Waals surface area contributed by atoms with Gasteiger partial charge in [-0.2, -0.15) is 0 Å². The predicted octanol–water partition coefficient (Wildman–Crippen LogP) is 5.04. The highest BCUT2D eigenvalue weighted by Gasteiger charge is 2.50. The van der Waals surface area contributed by atoms with Crippen LogP contribution in [0.15, 0.2) is 79.1 Å². The Hall–Kier alpha value is -2.40. The Kier molecular flexibility index (Phi) is 8.02. The molecule has 1 atom stereocenters. The zero-order valence-electron chi connectivity index (χ0n) is 17.2. The number of nitrogens with zero attached hydrogens (tertiary/aromatic N) is 3. The number of carbonyl (C=O) groups excluding carboxylic acids is 1. The van der Waals surface area contributed by atoms with Crippen molar-refractivity contribution in [1.82, 2.24) is 9.88 Å². The molecule has 6 heteroatoms. The molecule has 2 aromatic carbocycles. The van der Waals surface area contributed by atoms with E-state index in [0.29, 0.717) is 6.42 Å². The Balaban J connectivity index is 0.00000160. The maximum Gasteiger partial charge on any atom is 0.242 e. The number of anilines is 2. The van der Waals surface area contributed by atoms with E-state index < -0.39 is 5.41 Å². The van der Waals surface area contributed by atoms with Crippen molar-refractivity contribution < 1.29 is 4.79 Å². The van der Waals surface area contributed by atoms with Gasteiger partial charge in [-0.05, 0) is 74.9 Å². The van der Waals surface area contributed by atoms with E-state index in [-0.39, 0.29) is 30.7 Å². The van der Waals surface area contributed by atoms with E-state index >= 15 is 0 Å². The van der Waals surface area contributed by atoms with Crippen LogP contribution in [0.2, 0.25) is 0 Å². The fraction of sp³-hybridized carbons (Fsp3) is 0.250. The van der Waals surface area contributed by atoms with Gasteiger partial charge in [0, 0.05) is 18.1 Å². The number of halogens is 2. The molecule has 1 amide bonds. The van der Waals surface area contributed by atoms with Crippen LogP contribution in [0, 0.1) is 0 Å². The van der Waals surface area contributed by atoms with Crippen LogP contribution in [0.1, 0.15) is 17.5 Å². The summed E-state index contributed by atoms with van der Waals surface area (Å²) in [7, 11) is 4.11. The SMILES string of the molecule is CN(C)CCC1(Cc2ccncc2)C(=O)N(c2ccccc2)c2ccccc21.Cl.Cl. The van der Waals surface area contributed by atoms with Gasteiger partial charge in [-0.15, -0.1) is 24.8 Å². The van der Waals surface area contributed by atoms with Gasteiger partial charge in [0.05, 0.1) is 11.1 Å². The van der Waals surface area contributed by atoms with Gasteiger partial charge in [-0.3, -0.25) is 14.7 Å². The molecule has 2 heterocycles. The summed E-state index contributed by atoms with van der Waals surface area (Å²) in [6, 6.07) is 22.2. The second-order valence-electron chi connectivity index (χ2n) is 7.66. The molecule has 4 nitrogen and oxygen atoms in total. The molecular formula is C24H27Cl2N3O. The van der Waals surface area contributed by atoms with Crippen LogP contribution in [0.5, 0.6) is 0 Å². The summed E-state index contributed by atoms with van der Waals surface area (Å²) >= 11 is 0. The number of amides is 1. The summed E-state index contributed by atoms with van der Waals surface area (Å²) in [6.07, 6.45) is 5.04. The first-order chi connectivity index (χ1) is 13.6. The molecule has 0 fully saturated rings. The second kappa shape index (κ2) is 10.1. The Bertz CT molecular complexity index is 966. The number of aromatic nitrogens is 1. The fourth-order valence-corrected chi connectivity index (χ4v) is 4.11. The van der Waals surface area contributed by atoms with Gasteiger partial charge >= 0.3 is 0 Å². The fourth-order valence-electron chi connectivity index (χ4n) is 4.11. The minimum Gasteiger partial charge on any atom is -0.309 e. The van der Waals surface area contributed by atoms with Crippen molar-refractivity contribution in [3.05, 3.63) is 90.3 Å². The molecule has 1 aliphatic rings. The number of hydrogen-bond acceptors (Lipinski definition) is 3. The summed E-state index contributed by atoms with van der Waals surface area (Å²) in [4.78, 5) is 22.2. The molecule has 0 saturated carbocycles. The number of carbonyl (C=O) groups is 1. The molecule has 0 radical (unpaired) electrons. The highest BCUT2D eigenvalue weighted by molar-refractivity contribution is 6.13. The second-order valence-corrected chi connectivity index (χ2v) is 7.66. The van der Waals surface area contributed by atoms with Crippen molar-refractivity contribution in [2.24, 2.45) is 0 Å². The zero-order chi connectivity index (χ0) is 19.6. The first-order valence-electron chi connectivity index (χ1n) is 9.64. The minimum atomic E-state index is -0.585. The van der Waals surface area contributed by atoms with Crippen LogP contribution >= 0.6 is 24.8 Å². The Labute approximate surface area is 190 Å². The number of rotatable bonds is 6. The highest BCUT2D eigenvalue weighted by Crippen LogP contribution is 2.49. The quantitative estimate of drug-likeness (QED) is 0.535. The number of hydrogen-bond donors (Lipinski definition) is 0. The largest absolute Gasteiger partial charge is 0.309 e. The van der Waals surface area contributed by atoms with E-state index in [1.165, 1.54) is 0 Å². The van der Waals surface area contributed by atoms with Crippen molar-refractivity contribution in [1.29, 1.82) is 0 Å². The number of para-hydroxylation sites is 2. The van der Waals surface area contributed by atoms with E-state index in [1.807, 2.05) is 59.5 Å². The third kappa shape index (κ3) is 4.36. The van der Waals surface area contributed by atoms with Crippen molar-refractivity contribution in [2.45, 2.75) is 18.3 Å². The Morgan fingerprint density at radius 2 is 1.53 bits per heavy atom. The summed E-state index contributed by atoms with van der Waals surface area (Å²) in [5, 5.41) is 0. The van der Waals surface area contributed by atoms with Crippen molar-refractivity contribution in [3.8, 4) is 0 Å². The lowest BCUT2D eigenvalue weighted by atomic mass is 9.74. The van der Waals surface area contributed by atoms with E-state index in [2.05, 4.69) is 36.1 Å². The van der Waals surface area contributed by atoms with Crippen LogP contribution in [0.25, 0.3) is 0 Å². The predicted molar refractivity (Wildman–Crippen MR) is 127 cm³/mol. The molecule has 0 spiro atoms. The molecule has 0 N–H and O–H groups in total. The summed E-state index contributed by atoms with van der Waals surface area (Å²) < 4.78 is 0. The highest BCUT2D eigenvalue weighted by atomic mass is 35.5. The van der Waals surface area contributed by atoms with Gasteiger partial charge < -0.3 is 4.90 Å². The van der Waals surface area contributed by atoms with E-state index in [0.717, 1.165) is 35.5 Å². The number of benzene rings is 2. The number of fused-ring (bicyclic) bond motifs is 1. The topological polar surface area (TPSA) is 36.4 Å². The smallest absolute Gasteiger partial charge is 0.242 e. The summed E-state index contributed by atoms with van der Waals surface area (Å²) in [5.41, 5.74) is 3.57. The van der Waals surface area contributed by atoms with Crippen LogP contribution in [-0.4, -0.2) is 36.4 Å². The average molecular weight is 444 g/mol. The summed E-state index contributed by atoms with van der Waals surface area (Å²) in [6.45, 7) is 0.841. The average Bonchev–Trinajstić information content (AvgIpc) is 2.96. The molecule has 0 aliphatic carbocycles. The Morgan fingerprint density at radius 3 is 2.20 bits per heavy atom. The molecule has 30 heavy (non-hydrogen) atoms. The molecule has 158 valence electrons. The van der Waals surface area contributed by atoms with E-state index in [9.17, 15) is 4.79 Å². The normalized spacial score (nSPS) is 17.3. The first-order valence-corrected chi connectivity index (χ1v) is 9.64. The monoisotopic (exact) mass is 443 g/mol. The molecule has 4 rings (SSSR count). The molecule has 1 unspecified atom stereocenters. The van der Waals surface area contributed by atoms with Crippen LogP contribution in [0.4, 0.5) is 11.4 Å². The lowest BCUT2D eigenvalue weighted by molar-refractivity contribution is -0.122. The zero-order valence-corrected chi connectivity index (χ0v) is 18.8. The molecular weight excluding hydrogens is 417 g/mol. The van der Waals surface area contributed by atoms with Crippen LogP contribution < -0.4 is 4.90 Å². The van der Waals surface area contributed by atoms with E-state index in [1.54, 1.807) is 12.4 Å². The van der Waals surface area contributed by atoms with Gasteiger partial charge in [-0.25, -0.2) is 0 Å². The van der Waals surface area contributed by atoms with Crippen LogP contribution in [-0.2, 0) is 16.6 Å². The van der Waals surface area contributed by atoms with E-state index in [4.69, 9.17) is 0 Å². The molecule has 1 aromatic heterocycles. The lowest BCUT2D eigenvalue weighted by Gasteiger charge is -2.30. The minimum absolute atomic E-state index is 0. The van der Waals surface area contributed by atoms with Gasteiger partial charge in [-0.1, -0.05) is 36.4 Å². The molecule has 0 saturated heterocycles. The Morgan fingerprint density at radius 1 is 0.900 bits per heavy atom. The van der Waals surface area contributed by atoms with Crippen LogP contribution in [0.3, 0.4) is 0 Å². The van der Waals surface area contributed by atoms with Crippen molar-refractivity contribution >= 4 is 42.1 Å². The van der Waals surface area contributed by atoms with Crippen molar-refractivity contribution in [3.63, 3.8) is 0 Å². The van der Waals surface area contributed by atoms with Gasteiger partial charge in [0.15, 0.2) is 0 Å². The lowest BCUT2D eigenvalue weighted by Crippen LogP contribution is -2.42. The first kappa shape index (κ1) is 23.9. The number of pyridine rings is 1. The molecule has 1 aliphatic heterocycles. The van der Waals surface area contributed by atoms with Gasteiger partial charge in [0.2, 0.25) is 5.91 Å². The maximum atomic E-state index is 14.0. The third-order valence-electron chi connectivity index (χ3n) is 5.53.